The van der Waals surface area contributed by atoms with E-state index in [0.29, 0.717) is 5.02 Å². The molecule has 0 radical (unpaired) electrons. The molecule has 0 saturated carbocycles. The molecule has 4 nitrogen and oxygen atoms in total. The summed E-state index contributed by atoms with van der Waals surface area (Å²) in [5.74, 6) is -0.691. The molecule has 1 amide bonds. The van der Waals surface area contributed by atoms with Crippen molar-refractivity contribution in [3.8, 4) is 0 Å². The summed E-state index contributed by atoms with van der Waals surface area (Å²) in [7, 11) is 0. The third-order valence-electron chi connectivity index (χ3n) is 1.96. The molecule has 0 spiro atoms. The standard InChI is InChI=1S/C10H12ClN3O/c1-6-3-2-4-8(11)7(6)5-9(15)14-10(12)13/h2-4H,5H2,1H3,(H4,12,13,14,15). The Morgan fingerprint density at radius 3 is 2.80 bits per heavy atom. The lowest BCUT2D eigenvalue weighted by atomic mass is 10.1. The monoisotopic (exact) mass is 225 g/mol. The molecule has 0 aliphatic carbocycles. The third-order valence-corrected chi connectivity index (χ3v) is 2.32. The lowest BCUT2D eigenvalue weighted by molar-refractivity contribution is -0.119. The predicted molar refractivity (Wildman–Crippen MR) is 59.9 cm³/mol. The highest BCUT2D eigenvalue weighted by Crippen LogP contribution is 2.19. The van der Waals surface area contributed by atoms with Crippen molar-refractivity contribution in [2.24, 2.45) is 5.73 Å². The number of hydrogen-bond acceptors (Lipinski definition) is 2. The Labute approximate surface area is 92.9 Å². The number of carbonyl (C=O) groups is 1. The first-order valence-electron chi connectivity index (χ1n) is 4.38. The Kier molecular flexibility index (Phi) is 3.68. The molecular formula is C10H12ClN3O. The van der Waals surface area contributed by atoms with Crippen LogP contribution in [0, 0.1) is 12.3 Å². The van der Waals surface area contributed by atoms with E-state index in [9.17, 15) is 4.79 Å². The molecule has 0 atom stereocenters. The van der Waals surface area contributed by atoms with Crippen LogP contribution in [0.5, 0.6) is 0 Å². The normalized spacial score (nSPS) is 9.73. The van der Waals surface area contributed by atoms with Crippen molar-refractivity contribution in [2.45, 2.75) is 13.3 Å². The Balaban J connectivity index is 2.80. The van der Waals surface area contributed by atoms with Crippen LogP contribution in [0.1, 0.15) is 11.1 Å². The van der Waals surface area contributed by atoms with Gasteiger partial charge in [-0.25, -0.2) is 0 Å². The Morgan fingerprint density at radius 1 is 1.60 bits per heavy atom. The minimum Gasteiger partial charge on any atom is -0.370 e. The van der Waals surface area contributed by atoms with Gasteiger partial charge in [0.15, 0.2) is 5.96 Å². The number of aryl methyl sites for hydroxylation is 1. The predicted octanol–water partition coefficient (Wildman–Crippen LogP) is 1.20. The van der Waals surface area contributed by atoms with Crippen molar-refractivity contribution < 1.29 is 4.79 Å². The molecule has 0 heterocycles. The fourth-order valence-electron chi connectivity index (χ4n) is 1.25. The molecule has 1 aromatic carbocycles. The number of halogens is 1. The maximum absolute atomic E-state index is 11.3. The Morgan fingerprint density at radius 2 is 2.27 bits per heavy atom. The minimum atomic E-state index is -0.357. The maximum Gasteiger partial charge on any atom is 0.231 e. The van der Waals surface area contributed by atoms with Crippen LogP contribution in [0.4, 0.5) is 0 Å². The fraction of sp³-hybridized carbons (Fsp3) is 0.200. The summed E-state index contributed by atoms with van der Waals surface area (Å²) in [5.41, 5.74) is 6.75. The Hall–Kier alpha value is -1.55. The second-order valence-corrected chi connectivity index (χ2v) is 3.58. The van der Waals surface area contributed by atoms with Crippen LogP contribution in [-0.2, 0) is 11.2 Å². The zero-order chi connectivity index (χ0) is 11.4. The van der Waals surface area contributed by atoms with Gasteiger partial charge in [0.25, 0.3) is 0 Å². The molecule has 0 aliphatic rings. The van der Waals surface area contributed by atoms with Crippen LogP contribution in [0.25, 0.3) is 0 Å². The summed E-state index contributed by atoms with van der Waals surface area (Å²) in [4.78, 5) is 11.3. The first kappa shape index (κ1) is 11.5. The molecule has 1 aromatic rings. The van der Waals surface area contributed by atoms with Gasteiger partial charge in [-0.1, -0.05) is 23.7 Å². The van der Waals surface area contributed by atoms with Crippen molar-refractivity contribution in [1.82, 2.24) is 5.32 Å². The SMILES string of the molecule is Cc1cccc(Cl)c1CC(=O)NC(=N)N. The number of nitrogens with two attached hydrogens (primary N) is 1. The number of benzene rings is 1. The van der Waals surface area contributed by atoms with Gasteiger partial charge in [0.1, 0.15) is 0 Å². The summed E-state index contributed by atoms with van der Waals surface area (Å²) in [6.45, 7) is 1.88. The van der Waals surface area contributed by atoms with E-state index in [1.165, 1.54) is 0 Å². The molecule has 0 bridgehead atoms. The zero-order valence-electron chi connectivity index (χ0n) is 8.30. The van der Waals surface area contributed by atoms with Crippen molar-refractivity contribution in [1.29, 1.82) is 5.41 Å². The van der Waals surface area contributed by atoms with E-state index in [2.05, 4.69) is 5.32 Å². The van der Waals surface area contributed by atoms with Gasteiger partial charge in [0.2, 0.25) is 5.91 Å². The van der Waals surface area contributed by atoms with Crippen LogP contribution >= 0.6 is 11.6 Å². The largest absolute Gasteiger partial charge is 0.370 e. The molecule has 1 rings (SSSR count). The molecule has 0 saturated heterocycles. The third kappa shape index (κ3) is 3.25. The first-order chi connectivity index (χ1) is 7.00. The number of rotatable bonds is 2. The lowest BCUT2D eigenvalue weighted by Crippen LogP contribution is -2.36. The zero-order valence-corrected chi connectivity index (χ0v) is 9.06. The van der Waals surface area contributed by atoms with Crippen LogP contribution in [0.15, 0.2) is 18.2 Å². The van der Waals surface area contributed by atoms with Crippen LogP contribution < -0.4 is 11.1 Å². The quantitative estimate of drug-likeness (QED) is 0.522. The van der Waals surface area contributed by atoms with Crippen LogP contribution in [0.2, 0.25) is 5.02 Å². The van der Waals surface area contributed by atoms with Crippen molar-refractivity contribution in [3.63, 3.8) is 0 Å². The molecule has 15 heavy (non-hydrogen) atoms. The second kappa shape index (κ2) is 4.79. The number of guanidine groups is 1. The molecule has 80 valence electrons. The van der Waals surface area contributed by atoms with Crippen molar-refractivity contribution in [3.05, 3.63) is 34.3 Å². The van der Waals surface area contributed by atoms with E-state index >= 15 is 0 Å². The summed E-state index contributed by atoms with van der Waals surface area (Å²) in [5, 5.41) is 9.67. The smallest absolute Gasteiger partial charge is 0.231 e. The second-order valence-electron chi connectivity index (χ2n) is 3.17. The van der Waals surface area contributed by atoms with Crippen molar-refractivity contribution in [2.75, 3.05) is 0 Å². The van der Waals surface area contributed by atoms with E-state index in [1.54, 1.807) is 6.07 Å². The topological polar surface area (TPSA) is 79.0 Å². The molecule has 0 unspecified atom stereocenters. The van der Waals surface area contributed by atoms with Crippen LogP contribution in [0.3, 0.4) is 0 Å². The fourth-order valence-corrected chi connectivity index (χ4v) is 1.53. The van der Waals surface area contributed by atoms with Crippen molar-refractivity contribution >= 4 is 23.5 Å². The first-order valence-corrected chi connectivity index (χ1v) is 4.76. The summed E-state index contributed by atoms with van der Waals surface area (Å²) < 4.78 is 0. The average molecular weight is 226 g/mol. The molecule has 0 aliphatic heterocycles. The van der Waals surface area contributed by atoms with Gasteiger partial charge in [-0.2, -0.15) is 0 Å². The van der Waals surface area contributed by atoms with E-state index < -0.39 is 0 Å². The number of nitrogens with one attached hydrogen (secondary N) is 2. The molecule has 0 fully saturated rings. The molecule has 4 N–H and O–H groups in total. The maximum atomic E-state index is 11.3. The van der Waals surface area contributed by atoms with Crippen LogP contribution in [-0.4, -0.2) is 11.9 Å². The summed E-state index contributed by atoms with van der Waals surface area (Å²) >= 11 is 5.95. The van der Waals surface area contributed by atoms with Gasteiger partial charge in [0, 0.05) is 5.02 Å². The van der Waals surface area contributed by atoms with E-state index in [4.69, 9.17) is 22.7 Å². The van der Waals surface area contributed by atoms with Gasteiger partial charge in [-0.15, -0.1) is 0 Å². The van der Waals surface area contributed by atoms with Gasteiger partial charge in [-0.3, -0.25) is 15.5 Å². The Bertz CT molecular complexity index is 383. The van der Waals surface area contributed by atoms with Gasteiger partial charge < -0.3 is 5.73 Å². The van der Waals surface area contributed by atoms with Gasteiger partial charge >= 0.3 is 0 Å². The van der Waals surface area contributed by atoms with E-state index in [-0.39, 0.29) is 18.3 Å². The average Bonchev–Trinajstić information content (AvgIpc) is 2.10. The number of amides is 1. The summed E-state index contributed by atoms with van der Waals surface area (Å²) in [6.07, 6.45) is 0.130. The molecule has 0 aromatic heterocycles. The number of carbonyl (C=O) groups excluding carboxylic acids is 1. The van der Waals surface area contributed by atoms with E-state index in [0.717, 1.165) is 11.1 Å². The van der Waals surface area contributed by atoms with E-state index in [1.807, 2.05) is 19.1 Å². The van der Waals surface area contributed by atoms with Gasteiger partial charge in [0.05, 0.1) is 6.42 Å². The molecule has 5 heteroatoms. The van der Waals surface area contributed by atoms with Gasteiger partial charge in [-0.05, 0) is 24.1 Å². The highest BCUT2D eigenvalue weighted by atomic mass is 35.5. The highest BCUT2D eigenvalue weighted by Gasteiger charge is 2.09. The molecular weight excluding hydrogens is 214 g/mol. The number of hydrogen-bond donors (Lipinski definition) is 3. The minimum absolute atomic E-state index is 0.130. The summed E-state index contributed by atoms with van der Waals surface area (Å²) in [6, 6.07) is 5.43. The lowest BCUT2D eigenvalue weighted by Gasteiger charge is -2.07. The highest BCUT2D eigenvalue weighted by molar-refractivity contribution is 6.31.